The van der Waals surface area contributed by atoms with Crippen LogP contribution in [0.15, 0.2) is 24.3 Å². The van der Waals surface area contributed by atoms with Gasteiger partial charge in [0.05, 0.1) is 18.8 Å². The third-order valence-corrected chi connectivity index (χ3v) is 1.66. The zero-order valence-corrected chi connectivity index (χ0v) is 9.31. The summed E-state index contributed by atoms with van der Waals surface area (Å²) >= 11 is 0. The molecule has 0 fully saturated rings. The van der Waals surface area contributed by atoms with Crippen LogP contribution < -0.4 is 10.6 Å². The predicted octanol–water partition coefficient (Wildman–Crippen LogP) is 1.41. The summed E-state index contributed by atoms with van der Waals surface area (Å²) in [5, 5.41) is 5.13. The van der Waals surface area contributed by atoms with Crippen LogP contribution >= 0.6 is 12.4 Å². The molecule has 0 unspecified atom stereocenters. The van der Waals surface area contributed by atoms with E-state index in [1.54, 1.807) is 12.1 Å². The number of hydrogen-bond acceptors (Lipinski definition) is 2. The van der Waals surface area contributed by atoms with E-state index in [9.17, 15) is 9.18 Å². The van der Waals surface area contributed by atoms with E-state index in [0.29, 0.717) is 6.54 Å². The first kappa shape index (κ1) is 14.4. The molecule has 0 bridgehead atoms. The second kappa shape index (κ2) is 7.69. The summed E-state index contributed by atoms with van der Waals surface area (Å²) in [5.41, 5.74) is 0.171. The van der Waals surface area contributed by atoms with E-state index < -0.39 is 5.82 Å². The second-order valence-electron chi connectivity index (χ2n) is 2.84. The molecule has 0 aromatic heterocycles. The number of benzene rings is 1. The minimum Gasteiger partial charge on any atom is -0.322 e. The first-order valence-electron chi connectivity index (χ1n) is 4.42. The van der Waals surface area contributed by atoms with Crippen molar-refractivity contribution in [2.45, 2.75) is 0 Å². The van der Waals surface area contributed by atoms with Gasteiger partial charge in [-0.3, -0.25) is 10.1 Å². The fourth-order valence-corrected chi connectivity index (χ4v) is 1.01. The van der Waals surface area contributed by atoms with Crippen LogP contribution in [0.25, 0.3) is 0 Å². The molecule has 0 saturated carbocycles. The molecular formula is C11H12ClFN2O. The molecule has 16 heavy (non-hydrogen) atoms. The maximum Gasteiger partial charge on any atom is 0.238 e. The molecule has 86 valence electrons. The Kier molecular flexibility index (Phi) is 6.93. The normalized spacial score (nSPS) is 8.75. The van der Waals surface area contributed by atoms with Crippen LogP contribution in [0.5, 0.6) is 0 Å². The van der Waals surface area contributed by atoms with Crippen LogP contribution in [-0.4, -0.2) is 19.0 Å². The topological polar surface area (TPSA) is 41.1 Å². The minimum atomic E-state index is -0.456. The summed E-state index contributed by atoms with van der Waals surface area (Å²) in [6, 6.07) is 5.98. The molecule has 1 aromatic rings. The number of amides is 1. The van der Waals surface area contributed by atoms with E-state index in [1.807, 2.05) is 0 Å². The maximum absolute atomic E-state index is 13.1. The lowest BCUT2D eigenvalue weighted by atomic mass is 10.3. The smallest absolute Gasteiger partial charge is 0.238 e. The summed E-state index contributed by atoms with van der Waals surface area (Å²) in [5.74, 6) is 1.55. The summed E-state index contributed by atoms with van der Waals surface area (Å²) in [6.07, 6.45) is 4.99. The number of para-hydroxylation sites is 1. The average molecular weight is 243 g/mol. The van der Waals surface area contributed by atoms with Crippen LogP contribution in [0.3, 0.4) is 0 Å². The number of hydrogen-bond donors (Lipinski definition) is 2. The molecule has 2 N–H and O–H groups in total. The molecule has 0 saturated heterocycles. The number of halogens is 2. The summed E-state index contributed by atoms with van der Waals surface area (Å²) < 4.78 is 13.1. The molecule has 1 amide bonds. The molecule has 5 heteroatoms. The van der Waals surface area contributed by atoms with E-state index in [1.165, 1.54) is 12.1 Å². The summed E-state index contributed by atoms with van der Waals surface area (Å²) in [7, 11) is 0. The van der Waals surface area contributed by atoms with Crippen LogP contribution in [0.1, 0.15) is 0 Å². The molecule has 1 aromatic carbocycles. The third kappa shape index (κ3) is 4.78. The van der Waals surface area contributed by atoms with Gasteiger partial charge in [0.25, 0.3) is 0 Å². The highest BCUT2D eigenvalue weighted by atomic mass is 35.5. The Morgan fingerprint density at radius 1 is 1.44 bits per heavy atom. The molecule has 0 heterocycles. The van der Waals surface area contributed by atoms with E-state index >= 15 is 0 Å². The Labute approximate surface area is 99.8 Å². The van der Waals surface area contributed by atoms with E-state index in [4.69, 9.17) is 6.42 Å². The number of carbonyl (C=O) groups is 1. The van der Waals surface area contributed by atoms with Gasteiger partial charge in [0.2, 0.25) is 5.91 Å². The highest BCUT2D eigenvalue weighted by Gasteiger charge is 2.04. The van der Waals surface area contributed by atoms with Crippen molar-refractivity contribution in [2.75, 3.05) is 18.4 Å². The molecule has 0 aliphatic rings. The lowest BCUT2D eigenvalue weighted by Crippen LogP contribution is -2.28. The largest absolute Gasteiger partial charge is 0.322 e. The predicted molar refractivity (Wildman–Crippen MR) is 64.0 cm³/mol. The maximum atomic E-state index is 13.1. The van der Waals surface area contributed by atoms with Gasteiger partial charge in [-0.05, 0) is 12.1 Å². The molecule has 0 aliphatic carbocycles. The molecular weight excluding hydrogens is 231 g/mol. The van der Waals surface area contributed by atoms with Gasteiger partial charge in [0, 0.05) is 0 Å². The first-order chi connectivity index (χ1) is 7.24. The average Bonchev–Trinajstić information content (AvgIpc) is 2.22. The van der Waals surface area contributed by atoms with E-state index in [0.717, 1.165) is 0 Å². The van der Waals surface area contributed by atoms with Gasteiger partial charge in [-0.2, -0.15) is 0 Å². The fourth-order valence-electron chi connectivity index (χ4n) is 1.01. The second-order valence-corrected chi connectivity index (χ2v) is 2.84. The number of terminal acetylenes is 1. The van der Waals surface area contributed by atoms with Crippen molar-refractivity contribution in [3.63, 3.8) is 0 Å². The van der Waals surface area contributed by atoms with Gasteiger partial charge in [-0.25, -0.2) is 4.39 Å². The van der Waals surface area contributed by atoms with Crippen molar-refractivity contribution in [3.8, 4) is 12.3 Å². The van der Waals surface area contributed by atoms with E-state index in [2.05, 4.69) is 16.6 Å². The van der Waals surface area contributed by atoms with Gasteiger partial charge in [-0.1, -0.05) is 18.1 Å². The van der Waals surface area contributed by atoms with Gasteiger partial charge in [-0.15, -0.1) is 18.8 Å². The number of carbonyl (C=O) groups excluding carboxylic acids is 1. The van der Waals surface area contributed by atoms with Gasteiger partial charge in [0.15, 0.2) is 0 Å². The monoisotopic (exact) mass is 242 g/mol. The number of rotatable bonds is 4. The van der Waals surface area contributed by atoms with Crippen molar-refractivity contribution >= 4 is 24.0 Å². The lowest BCUT2D eigenvalue weighted by molar-refractivity contribution is -0.115. The van der Waals surface area contributed by atoms with Gasteiger partial charge in [0.1, 0.15) is 5.82 Å². The molecule has 0 aliphatic heterocycles. The van der Waals surface area contributed by atoms with Crippen molar-refractivity contribution in [2.24, 2.45) is 0 Å². The van der Waals surface area contributed by atoms with Crippen molar-refractivity contribution in [1.82, 2.24) is 5.32 Å². The molecule has 0 atom stereocenters. The first-order valence-corrected chi connectivity index (χ1v) is 4.42. The van der Waals surface area contributed by atoms with Crippen LogP contribution in [0, 0.1) is 18.2 Å². The molecule has 3 nitrogen and oxygen atoms in total. The van der Waals surface area contributed by atoms with Crippen LogP contribution in [-0.2, 0) is 4.79 Å². The molecule has 1 rings (SSSR count). The summed E-state index contributed by atoms with van der Waals surface area (Å²) in [6.45, 7) is 0.378. The molecule has 0 radical (unpaired) electrons. The Balaban J connectivity index is 0.00000225. The minimum absolute atomic E-state index is 0. The Hall–Kier alpha value is -1.57. The van der Waals surface area contributed by atoms with Crippen LogP contribution in [0.2, 0.25) is 0 Å². The van der Waals surface area contributed by atoms with Crippen molar-refractivity contribution < 1.29 is 9.18 Å². The quantitative estimate of drug-likeness (QED) is 0.619. The van der Waals surface area contributed by atoms with Crippen molar-refractivity contribution in [3.05, 3.63) is 30.1 Å². The van der Waals surface area contributed by atoms with E-state index in [-0.39, 0.29) is 30.5 Å². The van der Waals surface area contributed by atoms with Gasteiger partial charge < -0.3 is 5.32 Å². The Morgan fingerprint density at radius 2 is 2.12 bits per heavy atom. The number of anilines is 1. The lowest BCUT2D eigenvalue weighted by Gasteiger charge is -2.05. The Bertz CT molecular complexity index is 390. The highest BCUT2D eigenvalue weighted by molar-refractivity contribution is 5.92. The zero-order valence-electron chi connectivity index (χ0n) is 8.50. The summed E-state index contributed by atoms with van der Waals surface area (Å²) in [4.78, 5) is 11.2. The van der Waals surface area contributed by atoms with Gasteiger partial charge >= 0.3 is 0 Å². The molecule has 0 spiro atoms. The third-order valence-electron chi connectivity index (χ3n) is 1.66. The van der Waals surface area contributed by atoms with Crippen molar-refractivity contribution in [1.29, 1.82) is 0 Å². The standard InChI is InChI=1S/C11H11FN2O.ClH/c1-2-7-13-8-11(15)14-10-6-4-3-5-9(10)12;/h1,3-6,13H,7-8H2,(H,14,15);1H. The number of nitrogens with one attached hydrogen (secondary N) is 2. The zero-order chi connectivity index (χ0) is 11.1. The van der Waals surface area contributed by atoms with Crippen LogP contribution in [0.4, 0.5) is 10.1 Å². The SMILES string of the molecule is C#CCNCC(=O)Nc1ccccc1F.Cl. The fraction of sp³-hybridized carbons (Fsp3) is 0.182. The Morgan fingerprint density at radius 3 is 2.75 bits per heavy atom. The highest BCUT2D eigenvalue weighted by Crippen LogP contribution is 2.11.